The molecule has 2 fully saturated rings. The van der Waals surface area contributed by atoms with Gasteiger partial charge in [-0.3, -0.25) is 15.1 Å². The van der Waals surface area contributed by atoms with Gasteiger partial charge in [-0.1, -0.05) is 5.21 Å². The van der Waals surface area contributed by atoms with Crippen LogP contribution in [-0.2, 0) is 11.3 Å². The summed E-state index contributed by atoms with van der Waals surface area (Å²) in [6.45, 7) is 1.01. The Kier molecular flexibility index (Phi) is 5.81. The molecule has 0 aliphatic carbocycles. The molecule has 0 saturated carbocycles. The largest absolute Gasteiger partial charge is 0.442 e. The Morgan fingerprint density at radius 1 is 1.29 bits per heavy atom. The number of nitrogens with one attached hydrogen (secondary N) is 2. The topological polar surface area (TPSA) is 128 Å². The molecule has 0 radical (unpaired) electrons. The number of benzene rings is 1. The maximum absolute atomic E-state index is 14.9. The maximum atomic E-state index is 14.9. The molecule has 2 saturated heterocycles. The molecule has 2 aliphatic rings. The van der Waals surface area contributed by atoms with E-state index < -0.39 is 29.9 Å². The first-order valence-corrected chi connectivity index (χ1v) is 9.47. The minimum atomic E-state index is -0.845. The number of ether oxygens (including phenoxy) is 1. The van der Waals surface area contributed by atoms with Crippen LogP contribution in [0.25, 0.3) is 0 Å². The number of amides is 3. The van der Waals surface area contributed by atoms with Crippen molar-refractivity contribution in [2.24, 2.45) is 0 Å². The Bertz CT molecular complexity index is 937. The number of carbonyl (C=O) groups is 2. The molecule has 2 aliphatic heterocycles. The number of hydrogen-bond donors (Lipinski definition) is 3. The van der Waals surface area contributed by atoms with Crippen molar-refractivity contribution in [2.75, 3.05) is 42.5 Å². The van der Waals surface area contributed by atoms with E-state index in [1.165, 1.54) is 21.3 Å². The molecular formula is C17H20F2N8O4. The van der Waals surface area contributed by atoms with Gasteiger partial charge < -0.3 is 9.64 Å². The Hall–Kier alpha value is -3.52. The van der Waals surface area contributed by atoms with E-state index in [0.29, 0.717) is 0 Å². The van der Waals surface area contributed by atoms with Crippen LogP contribution in [0.2, 0.25) is 0 Å². The van der Waals surface area contributed by atoms with Crippen LogP contribution >= 0.6 is 0 Å². The molecule has 0 unspecified atom stereocenters. The summed E-state index contributed by atoms with van der Waals surface area (Å²) in [5.41, 5.74) is 4.03. The number of hydroxylamine groups is 1. The third-order valence-corrected chi connectivity index (χ3v) is 4.98. The number of nitrogens with zero attached hydrogens (tertiary/aromatic N) is 6. The van der Waals surface area contributed by atoms with Crippen molar-refractivity contribution in [2.45, 2.75) is 12.6 Å². The highest BCUT2D eigenvalue weighted by molar-refractivity contribution is 5.90. The van der Waals surface area contributed by atoms with Crippen molar-refractivity contribution < 1.29 is 28.3 Å². The number of carbonyl (C=O) groups excluding carboxylic acids is 2. The summed E-state index contributed by atoms with van der Waals surface area (Å²) in [6, 6.07) is 1.38. The fourth-order valence-corrected chi connectivity index (χ4v) is 3.57. The molecule has 14 heteroatoms. The molecular weight excluding hydrogens is 418 g/mol. The van der Waals surface area contributed by atoms with Crippen molar-refractivity contribution in [3.8, 4) is 0 Å². The second-order valence-corrected chi connectivity index (χ2v) is 6.96. The summed E-state index contributed by atoms with van der Waals surface area (Å²) in [4.78, 5) is 26.4. The molecule has 2 aromatic rings. The molecule has 1 atom stereocenters. The maximum Gasteiger partial charge on any atom is 0.414 e. The number of rotatable bonds is 4. The average molecular weight is 438 g/mol. The summed E-state index contributed by atoms with van der Waals surface area (Å²) >= 11 is 0. The Labute approximate surface area is 174 Å². The zero-order valence-corrected chi connectivity index (χ0v) is 16.2. The van der Waals surface area contributed by atoms with Crippen molar-refractivity contribution in [1.29, 1.82) is 0 Å². The number of anilines is 2. The van der Waals surface area contributed by atoms with Gasteiger partial charge >= 0.3 is 12.1 Å². The lowest BCUT2D eigenvalue weighted by molar-refractivity contribution is 0.116. The van der Waals surface area contributed by atoms with Crippen LogP contribution in [0, 0.1) is 11.6 Å². The van der Waals surface area contributed by atoms with Gasteiger partial charge in [-0.25, -0.2) is 34.0 Å². The van der Waals surface area contributed by atoms with E-state index in [0.717, 1.165) is 22.0 Å². The number of hydrogen-bond acceptors (Lipinski definition) is 8. The summed E-state index contributed by atoms with van der Waals surface area (Å²) < 4.78 is 36.6. The molecule has 3 N–H and O–H groups in total. The Morgan fingerprint density at radius 2 is 2.06 bits per heavy atom. The highest BCUT2D eigenvalue weighted by Crippen LogP contribution is 2.31. The predicted molar refractivity (Wildman–Crippen MR) is 101 cm³/mol. The highest BCUT2D eigenvalue weighted by Gasteiger charge is 2.34. The number of cyclic esters (lactones) is 1. The monoisotopic (exact) mass is 438 g/mol. The minimum Gasteiger partial charge on any atom is -0.442 e. The number of aromatic nitrogens is 3. The third kappa shape index (κ3) is 4.34. The number of urea groups is 1. The normalized spacial score (nSPS) is 19.4. The van der Waals surface area contributed by atoms with Crippen molar-refractivity contribution >= 4 is 23.5 Å². The van der Waals surface area contributed by atoms with E-state index in [1.807, 2.05) is 0 Å². The molecule has 1 aromatic carbocycles. The van der Waals surface area contributed by atoms with Crippen molar-refractivity contribution in [1.82, 2.24) is 30.9 Å². The Balaban J connectivity index is 1.48. The first-order chi connectivity index (χ1) is 15.0. The smallest absolute Gasteiger partial charge is 0.414 e. The Morgan fingerprint density at radius 3 is 2.74 bits per heavy atom. The molecule has 0 bridgehead atoms. The molecule has 3 amide bonds. The number of halogens is 2. The molecule has 0 spiro atoms. The first-order valence-electron chi connectivity index (χ1n) is 9.47. The van der Waals surface area contributed by atoms with Crippen LogP contribution in [0.15, 0.2) is 24.5 Å². The lowest BCUT2D eigenvalue weighted by Crippen LogP contribution is -2.48. The van der Waals surface area contributed by atoms with Crippen molar-refractivity contribution in [3.63, 3.8) is 0 Å². The fraction of sp³-hybridized carbons (Fsp3) is 0.412. The van der Waals surface area contributed by atoms with E-state index in [-0.39, 0.29) is 50.6 Å². The van der Waals surface area contributed by atoms with Gasteiger partial charge in [-0.2, -0.15) is 0 Å². The standard InChI is InChI=1S/C17H20F2N8O4/c18-13-7-11(26-10-12(31-17(26)29)9-25-4-1-20-23-25)8-14(19)15(13)24-3-2-21-27(6-5-24)16(28)22-30/h1,4,7-8,12,21,30H,2-3,5-6,9-10H2,(H,22,28)/t12-/m0/s1. The minimum absolute atomic E-state index is 0.0408. The first kappa shape index (κ1) is 20.7. The van der Waals surface area contributed by atoms with Gasteiger partial charge in [0, 0.05) is 38.0 Å². The predicted octanol–water partition coefficient (Wildman–Crippen LogP) is 0.307. The van der Waals surface area contributed by atoms with Gasteiger partial charge in [0.15, 0.2) is 11.6 Å². The fourth-order valence-electron chi connectivity index (χ4n) is 3.57. The van der Waals surface area contributed by atoms with E-state index in [1.54, 1.807) is 6.20 Å². The molecule has 31 heavy (non-hydrogen) atoms. The summed E-state index contributed by atoms with van der Waals surface area (Å²) in [5.74, 6) is -1.69. The van der Waals surface area contributed by atoms with Crippen molar-refractivity contribution in [3.05, 3.63) is 36.2 Å². The zero-order valence-electron chi connectivity index (χ0n) is 16.2. The molecule has 4 rings (SSSR count). The quantitative estimate of drug-likeness (QED) is 0.460. The second kappa shape index (κ2) is 8.69. The second-order valence-electron chi connectivity index (χ2n) is 6.96. The lowest BCUT2D eigenvalue weighted by Gasteiger charge is -2.24. The third-order valence-electron chi connectivity index (χ3n) is 4.98. The zero-order chi connectivity index (χ0) is 22.0. The van der Waals surface area contributed by atoms with Gasteiger partial charge in [-0.05, 0) is 0 Å². The van der Waals surface area contributed by atoms with E-state index in [4.69, 9.17) is 9.94 Å². The van der Waals surface area contributed by atoms with Crippen LogP contribution in [0.3, 0.4) is 0 Å². The highest BCUT2D eigenvalue weighted by atomic mass is 19.1. The van der Waals surface area contributed by atoms with Crippen LogP contribution in [0.4, 0.5) is 29.7 Å². The molecule has 12 nitrogen and oxygen atoms in total. The average Bonchev–Trinajstić information content (AvgIpc) is 3.31. The summed E-state index contributed by atoms with van der Waals surface area (Å²) in [6.07, 6.45) is 1.86. The molecule has 166 valence electrons. The molecule has 1 aromatic heterocycles. The number of hydrazine groups is 1. The van der Waals surface area contributed by atoms with E-state index in [9.17, 15) is 18.4 Å². The summed E-state index contributed by atoms with van der Waals surface area (Å²) in [7, 11) is 0. The van der Waals surface area contributed by atoms with Crippen LogP contribution in [0.1, 0.15) is 0 Å². The van der Waals surface area contributed by atoms with Gasteiger partial charge in [0.2, 0.25) is 0 Å². The van der Waals surface area contributed by atoms with Crippen LogP contribution in [0.5, 0.6) is 0 Å². The van der Waals surface area contributed by atoms with E-state index in [2.05, 4.69) is 15.7 Å². The molecule has 3 heterocycles. The van der Waals surface area contributed by atoms with Crippen LogP contribution in [-0.4, -0.2) is 76.2 Å². The van der Waals surface area contributed by atoms with Gasteiger partial charge in [-0.15, -0.1) is 5.10 Å². The summed E-state index contributed by atoms with van der Waals surface area (Å²) in [5, 5.41) is 17.3. The van der Waals surface area contributed by atoms with Gasteiger partial charge in [0.25, 0.3) is 0 Å². The van der Waals surface area contributed by atoms with Gasteiger partial charge in [0.1, 0.15) is 11.8 Å². The SMILES string of the molecule is O=C(NO)N1CCN(c2c(F)cc(N3C[C@H](Cn4ccnn4)OC3=O)cc2F)CCN1. The lowest BCUT2D eigenvalue weighted by atomic mass is 10.2. The van der Waals surface area contributed by atoms with Crippen LogP contribution < -0.4 is 20.7 Å². The van der Waals surface area contributed by atoms with E-state index >= 15 is 0 Å². The van der Waals surface area contributed by atoms with Gasteiger partial charge in [0.05, 0.1) is 31.5 Å².